The van der Waals surface area contributed by atoms with Gasteiger partial charge < -0.3 is 14.9 Å². The molecule has 0 bridgehead atoms. The van der Waals surface area contributed by atoms with Crippen LogP contribution < -0.4 is 0 Å². The number of carbonyl (C=O) groups excluding carboxylic acids is 2. The molecule has 0 aliphatic carbocycles. The highest BCUT2D eigenvalue weighted by molar-refractivity contribution is 5.78. The first-order chi connectivity index (χ1) is 12.5. The van der Waals surface area contributed by atoms with Gasteiger partial charge in [0.05, 0.1) is 0 Å². The van der Waals surface area contributed by atoms with Crippen LogP contribution in [0, 0.1) is 5.92 Å². The summed E-state index contributed by atoms with van der Waals surface area (Å²) in [4.78, 5) is 38.7. The standard InChI is InChI=1S/C20H28N2O4/c1-16(23)21(14-17-6-3-2-4-7-17)13-11-19(24)22-12-5-8-18(15-22)9-10-20(25)26/h2-4,6-7,18H,5,8-15H2,1H3,(H,25,26). The van der Waals surface area contributed by atoms with Crippen molar-refractivity contribution in [2.24, 2.45) is 5.92 Å². The molecule has 2 rings (SSSR count). The third-order valence-corrected chi connectivity index (χ3v) is 4.90. The largest absolute Gasteiger partial charge is 0.481 e. The first-order valence-electron chi connectivity index (χ1n) is 9.24. The number of nitrogens with zero attached hydrogens (tertiary/aromatic N) is 2. The fraction of sp³-hybridized carbons (Fsp3) is 0.550. The maximum absolute atomic E-state index is 12.5. The predicted octanol–water partition coefficient (Wildman–Crippen LogP) is 2.53. The second-order valence-corrected chi connectivity index (χ2v) is 6.96. The van der Waals surface area contributed by atoms with E-state index in [-0.39, 0.29) is 24.2 Å². The van der Waals surface area contributed by atoms with Gasteiger partial charge in [-0.25, -0.2) is 0 Å². The highest BCUT2D eigenvalue weighted by atomic mass is 16.4. The van der Waals surface area contributed by atoms with Crippen LogP contribution in [-0.4, -0.2) is 52.3 Å². The molecule has 1 aromatic carbocycles. The molecule has 6 nitrogen and oxygen atoms in total. The van der Waals surface area contributed by atoms with Crippen molar-refractivity contribution in [1.82, 2.24) is 9.80 Å². The molecule has 1 saturated heterocycles. The molecule has 0 aromatic heterocycles. The highest BCUT2D eigenvalue weighted by Gasteiger charge is 2.24. The van der Waals surface area contributed by atoms with Gasteiger partial charge in [-0.3, -0.25) is 14.4 Å². The molecule has 1 fully saturated rings. The van der Waals surface area contributed by atoms with Crippen LogP contribution in [0.15, 0.2) is 30.3 Å². The van der Waals surface area contributed by atoms with Gasteiger partial charge in [-0.1, -0.05) is 30.3 Å². The summed E-state index contributed by atoms with van der Waals surface area (Å²) in [7, 11) is 0. The molecule has 1 unspecified atom stereocenters. The Bertz CT molecular complexity index is 617. The smallest absolute Gasteiger partial charge is 0.303 e. The molecule has 2 amide bonds. The second kappa shape index (κ2) is 9.94. The summed E-state index contributed by atoms with van der Waals surface area (Å²) >= 11 is 0. The Morgan fingerprint density at radius 3 is 2.58 bits per heavy atom. The van der Waals surface area contributed by atoms with Crippen molar-refractivity contribution in [1.29, 1.82) is 0 Å². The van der Waals surface area contributed by atoms with Crippen molar-refractivity contribution < 1.29 is 19.5 Å². The highest BCUT2D eigenvalue weighted by Crippen LogP contribution is 2.21. The van der Waals surface area contributed by atoms with Crippen molar-refractivity contribution in [2.75, 3.05) is 19.6 Å². The molecule has 1 aliphatic heterocycles. The molecule has 1 aromatic rings. The second-order valence-electron chi connectivity index (χ2n) is 6.96. The van der Waals surface area contributed by atoms with Gasteiger partial charge in [0.25, 0.3) is 0 Å². The lowest BCUT2D eigenvalue weighted by atomic mass is 9.93. The molecule has 0 spiro atoms. The molecule has 1 aliphatic rings. The van der Waals surface area contributed by atoms with Crippen molar-refractivity contribution >= 4 is 17.8 Å². The fourth-order valence-corrected chi connectivity index (χ4v) is 3.40. The number of carboxylic acid groups (broad SMARTS) is 1. The van der Waals surface area contributed by atoms with Crippen LogP contribution in [-0.2, 0) is 20.9 Å². The SMILES string of the molecule is CC(=O)N(CCC(=O)N1CCCC(CCC(=O)O)C1)Cc1ccccc1. The number of aliphatic carboxylic acids is 1. The zero-order valence-electron chi connectivity index (χ0n) is 15.4. The van der Waals surface area contributed by atoms with Crippen LogP contribution in [0.2, 0.25) is 0 Å². The number of hydrogen-bond donors (Lipinski definition) is 1. The predicted molar refractivity (Wildman–Crippen MR) is 98.3 cm³/mol. The number of piperidine rings is 1. The number of benzene rings is 1. The Balaban J connectivity index is 1.83. The molecule has 1 heterocycles. The van der Waals surface area contributed by atoms with Crippen molar-refractivity contribution in [3.8, 4) is 0 Å². The van der Waals surface area contributed by atoms with E-state index >= 15 is 0 Å². The summed E-state index contributed by atoms with van der Waals surface area (Å²) in [5.74, 6) is -0.521. The topological polar surface area (TPSA) is 77.9 Å². The van der Waals surface area contributed by atoms with E-state index in [1.54, 1.807) is 4.90 Å². The Labute approximate surface area is 154 Å². The van der Waals surface area contributed by atoms with Crippen LogP contribution >= 0.6 is 0 Å². The quantitative estimate of drug-likeness (QED) is 0.773. The molecule has 0 radical (unpaired) electrons. The van der Waals surface area contributed by atoms with E-state index in [0.29, 0.717) is 32.5 Å². The van der Waals surface area contributed by atoms with Crippen LogP contribution in [0.5, 0.6) is 0 Å². The molecule has 26 heavy (non-hydrogen) atoms. The van der Waals surface area contributed by atoms with Crippen molar-refractivity contribution in [2.45, 2.75) is 45.6 Å². The normalized spacial score (nSPS) is 17.0. The van der Waals surface area contributed by atoms with E-state index in [9.17, 15) is 14.4 Å². The molecular weight excluding hydrogens is 332 g/mol. The number of carboxylic acids is 1. The summed E-state index contributed by atoms with van der Waals surface area (Å²) < 4.78 is 0. The third-order valence-electron chi connectivity index (χ3n) is 4.90. The molecule has 1 N–H and O–H groups in total. The van der Waals surface area contributed by atoms with Gasteiger partial charge in [-0.2, -0.15) is 0 Å². The number of rotatable bonds is 8. The maximum atomic E-state index is 12.5. The number of hydrogen-bond acceptors (Lipinski definition) is 3. The maximum Gasteiger partial charge on any atom is 0.303 e. The van der Waals surface area contributed by atoms with Crippen LogP contribution in [0.4, 0.5) is 0 Å². The van der Waals surface area contributed by atoms with E-state index in [0.717, 1.165) is 24.9 Å². The van der Waals surface area contributed by atoms with Crippen LogP contribution in [0.1, 0.15) is 44.6 Å². The van der Waals surface area contributed by atoms with Crippen LogP contribution in [0.25, 0.3) is 0 Å². The summed E-state index contributed by atoms with van der Waals surface area (Å²) in [6, 6.07) is 9.74. The summed E-state index contributed by atoms with van der Waals surface area (Å²) in [5.41, 5.74) is 1.04. The van der Waals surface area contributed by atoms with Gasteiger partial charge in [-0.05, 0) is 30.7 Å². The average Bonchev–Trinajstić information content (AvgIpc) is 2.64. The Hall–Kier alpha value is -2.37. The Morgan fingerprint density at radius 2 is 1.92 bits per heavy atom. The van der Waals surface area contributed by atoms with Gasteiger partial charge in [0.1, 0.15) is 0 Å². The molecule has 1 atom stereocenters. The van der Waals surface area contributed by atoms with Gasteiger partial charge in [0, 0.05) is 45.9 Å². The summed E-state index contributed by atoms with van der Waals surface area (Å²) in [6.07, 6.45) is 2.97. The Kier molecular flexibility index (Phi) is 7.63. The minimum Gasteiger partial charge on any atom is -0.481 e. The van der Waals surface area contributed by atoms with Gasteiger partial charge in [-0.15, -0.1) is 0 Å². The lowest BCUT2D eigenvalue weighted by Crippen LogP contribution is -2.41. The number of carbonyl (C=O) groups is 3. The van der Waals surface area contributed by atoms with E-state index in [1.807, 2.05) is 35.2 Å². The van der Waals surface area contributed by atoms with E-state index < -0.39 is 5.97 Å². The van der Waals surface area contributed by atoms with Crippen molar-refractivity contribution in [3.05, 3.63) is 35.9 Å². The first kappa shape index (κ1) is 19.9. The summed E-state index contributed by atoms with van der Waals surface area (Å²) in [5, 5.41) is 8.82. The lowest BCUT2D eigenvalue weighted by Gasteiger charge is -2.33. The van der Waals surface area contributed by atoms with E-state index in [1.165, 1.54) is 6.92 Å². The van der Waals surface area contributed by atoms with Gasteiger partial charge in [0.15, 0.2) is 0 Å². The average molecular weight is 360 g/mol. The molecule has 0 saturated carbocycles. The number of likely N-dealkylation sites (tertiary alicyclic amines) is 1. The lowest BCUT2D eigenvalue weighted by molar-refractivity contribution is -0.137. The first-order valence-corrected chi connectivity index (χ1v) is 9.24. The summed E-state index contributed by atoms with van der Waals surface area (Å²) in [6.45, 7) is 3.78. The number of amides is 2. The van der Waals surface area contributed by atoms with Crippen molar-refractivity contribution in [3.63, 3.8) is 0 Å². The molecule has 142 valence electrons. The fourth-order valence-electron chi connectivity index (χ4n) is 3.40. The van der Waals surface area contributed by atoms with E-state index in [4.69, 9.17) is 5.11 Å². The zero-order chi connectivity index (χ0) is 18.9. The monoisotopic (exact) mass is 360 g/mol. The zero-order valence-corrected chi connectivity index (χ0v) is 15.4. The van der Waals surface area contributed by atoms with Gasteiger partial charge in [0.2, 0.25) is 11.8 Å². The molecular formula is C20H28N2O4. The van der Waals surface area contributed by atoms with E-state index in [2.05, 4.69) is 0 Å². The third kappa shape index (κ3) is 6.50. The minimum atomic E-state index is -0.786. The Morgan fingerprint density at radius 1 is 1.19 bits per heavy atom. The van der Waals surface area contributed by atoms with Crippen LogP contribution in [0.3, 0.4) is 0 Å². The van der Waals surface area contributed by atoms with Gasteiger partial charge >= 0.3 is 5.97 Å². The molecule has 6 heteroatoms. The minimum absolute atomic E-state index is 0.0420.